The van der Waals surface area contributed by atoms with E-state index in [1.54, 1.807) is 0 Å². The van der Waals surface area contributed by atoms with Crippen molar-refractivity contribution in [1.82, 2.24) is 10.2 Å². The van der Waals surface area contributed by atoms with E-state index >= 15 is 0 Å². The molecule has 106 valence electrons. The van der Waals surface area contributed by atoms with Crippen molar-refractivity contribution in [2.45, 2.75) is 32.2 Å². The number of carbonyl (C=O) groups is 1. The van der Waals surface area contributed by atoms with Crippen LogP contribution in [0.5, 0.6) is 0 Å². The lowest BCUT2D eigenvalue weighted by Gasteiger charge is -2.36. The Morgan fingerprint density at radius 1 is 1.42 bits per heavy atom. The molecule has 1 N–H and O–H groups in total. The van der Waals surface area contributed by atoms with Gasteiger partial charge in [0.2, 0.25) is 5.91 Å². The van der Waals surface area contributed by atoms with E-state index in [4.69, 9.17) is 0 Å². The highest BCUT2D eigenvalue weighted by Gasteiger charge is 2.28. The third-order valence-electron chi connectivity index (χ3n) is 3.69. The fourth-order valence-corrected chi connectivity index (χ4v) is 2.61. The van der Waals surface area contributed by atoms with Gasteiger partial charge in [-0.3, -0.25) is 4.79 Å². The van der Waals surface area contributed by atoms with E-state index in [2.05, 4.69) is 31.3 Å². The summed E-state index contributed by atoms with van der Waals surface area (Å²) < 4.78 is 0. The summed E-state index contributed by atoms with van der Waals surface area (Å²) in [4.78, 5) is 14.7. The van der Waals surface area contributed by atoms with Gasteiger partial charge < -0.3 is 10.2 Å². The van der Waals surface area contributed by atoms with E-state index < -0.39 is 0 Å². The van der Waals surface area contributed by atoms with Crippen LogP contribution in [0.15, 0.2) is 30.3 Å². The van der Waals surface area contributed by atoms with E-state index in [0.29, 0.717) is 6.04 Å². The molecule has 1 amide bonds. The van der Waals surface area contributed by atoms with Crippen LogP contribution in [-0.4, -0.2) is 36.5 Å². The maximum Gasteiger partial charge on any atom is 0.230 e. The Morgan fingerprint density at radius 3 is 2.68 bits per heavy atom. The second-order valence-corrected chi connectivity index (χ2v) is 4.96. The summed E-state index contributed by atoms with van der Waals surface area (Å²) >= 11 is 0. The monoisotopic (exact) mass is 282 g/mol. The maximum atomic E-state index is 12.6. The molecule has 0 aromatic heterocycles. The van der Waals surface area contributed by atoms with Crippen LogP contribution in [0.4, 0.5) is 0 Å². The summed E-state index contributed by atoms with van der Waals surface area (Å²) in [5.74, 6) is 0.282. The molecule has 1 heterocycles. The van der Waals surface area contributed by atoms with Crippen molar-refractivity contribution in [3.8, 4) is 0 Å². The molecule has 0 saturated carbocycles. The number of hydrogen-bond acceptors (Lipinski definition) is 2. The van der Waals surface area contributed by atoms with Gasteiger partial charge in [-0.1, -0.05) is 37.3 Å². The zero-order valence-electron chi connectivity index (χ0n) is 11.6. The third kappa shape index (κ3) is 3.71. The minimum Gasteiger partial charge on any atom is -0.337 e. The smallest absolute Gasteiger partial charge is 0.230 e. The summed E-state index contributed by atoms with van der Waals surface area (Å²) in [6.07, 6.45) is 0.861. The van der Waals surface area contributed by atoms with E-state index in [1.165, 1.54) is 0 Å². The molecule has 3 nitrogen and oxygen atoms in total. The summed E-state index contributed by atoms with van der Waals surface area (Å²) in [6, 6.07) is 10.4. The molecule has 1 unspecified atom stereocenters. The predicted molar refractivity (Wildman–Crippen MR) is 80.8 cm³/mol. The van der Waals surface area contributed by atoms with E-state index in [-0.39, 0.29) is 24.2 Å². The topological polar surface area (TPSA) is 32.3 Å². The highest BCUT2D eigenvalue weighted by molar-refractivity contribution is 5.85. The van der Waals surface area contributed by atoms with Gasteiger partial charge in [0.05, 0.1) is 5.92 Å². The maximum absolute atomic E-state index is 12.6. The molecular formula is C15H23ClN2O. The van der Waals surface area contributed by atoms with Crippen LogP contribution in [0.2, 0.25) is 0 Å². The van der Waals surface area contributed by atoms with E-state index in [0.717, 1.165) is 31.6 Å². The average molecular weight is 283 g/mol. The number of hydrogen-bond donors (Lipinski definition) is 1. The first kappa shape index (κ1) is 16.0. The average Bonchev–Trinajstić information content (AvgIpc) is 2.41. The largest absolute Gasteiger partial charge is 0.337 e. The number of nitrogens with one attached hydrogen (secondary N) is 1. The first-order valence-corrected chi connectivity index (χ1v) is 6.80. The van der Waals surface area contributed by atoms with Gasteiger partial charge in [-0.25, -0.2) is 0 Å². The number of carbonyl (C=O) groups excluding carboxylic acids is 1. The van der Waals surface area contributed by atoms with Crippen molar-refractivity contribution in [3.63, 3.8) is 0 Å². The van der Waals surface area contributed by atoms with Crippen molar-refractivity contribution >= 4 is 18.3 Å². The van der Waals surface area contributed by atoms with Gasteiger partial charge in [-0.2, -0.15) is 0 Å². The molecule has 1 fully saturated rings. The van der Waals surface area contributed by atoms with Crippen molar-refractivity contribution in [1.29, 1.82) is 0 Å². The molecule has 0 spiro atoms. The quantitative estimate of drug-likeness (QED) is 0.923. The van der Waals surface area contributed by atoms with Gasteiger partial charge in [0.15, 0.2) is 0 Å². The van der Waals surface area contributed by atoms with Crippen LogP contribution in [0.3, 0.4) is 0 Å². The van der Waals surface area contributed by atoms with Crippen molar-refractivity contribution in [2.75, 3.05) is 19.6 Å². The van der Waals surface area contributed by atoms with Gasteiger partial charge in [0, 0.05) is 25.7 Å². The van der Waals surface area contributed by atoms with Crippen molar-refractivity contribution in [2.24, 2.45) is 0 Å². The second kappa shape index (κ2) is 7.51. The third-order valence-corrected chi connectivity index (χ3v) is 3.69. The molecule has 4 heteroatoms. The molecule has 0 radical (unpaired) electrons. The summed E-state index contributed by atoms with van der Waals surface area (Å²) in [5.41, 5.74) is 1.13. The van der Waals surface area contributed by atoms with Crippen LogP contribution in [0, 0.1) is 0 Å². The number of halogens is 1. The molecule has 1 aliphatic rings. The minimum atomic E-state index is 0. The lowest BCUT2D eigenvalue weighted by molar-refractivity contribution is -0.135. The lowest BCUT2D eigenvalue weighted by atomic mass is 9.94. The van der Waals surface area contributed by atoms with Gasteiger partial charge in [-0.05, 0) is 18.9 Å². The SMILES string of the molecule is CCC(C(=O)N1CCNC[C@H]1C)c1ccccc1.Cl. The zero-order valence-corrected chi connectivity index (χ0v) is 12.5. The molecular weight excluding hydrogens is 260 g/mol. The predicted octanol–water partition coefficient (Wildman–Crippen LogP) is 2.42. The number of amides is 1. The number of benzene rings is 1. The normalized spacial score (nSPS) is 20.5. The lowest BCUT2D eigenvalue weighted by Crippen LogP contribution is -2.53. The Kier molecular flexibility index (Phi) is 6.32. The minimum absolute atomic E-state index is 0. The summed E-state index contributed by atoms with van der Waals surface area (Å²) in [6.45, 7) is 6.83. The number of piperazine rings is 1. The standard InChI is InChI=1S/C15H22N2O.ClH/c1-3-14(13-7-5-4-6-8-13)15(18)17-10-9-16-11-12(17)2;/h4-8,12,14,16H,3,9-11H2,1-2H3;1H/t12-,14?;/m1./s1. The van der Waals surface area contributed by atoms with Gasteiger partial charge in [0.25, 0.3) is 0 Å². The molecule has 1 aliphatic heterocycles. The highest BCUT2D eigenvalue weighted by Crippen LogP contribution is 2.23. The molecule has 0 bridgehead atoms. The van der Waals surface area contributed by atoms with Gasteiger partial charge >= 0.3 is 0 Å². The Bertz CT molecular complexity index is 396. The van der Waals surface area contributed by atoms with Gasteiger partial charge in [0.1, 0.15) is 0 Å². The molecule has 1 aromatic carbocycles. The van der Waals surface area contributed by atoms with Crippen molar-refractivity contribution in [3.05, 3.63) is 35.9 Å². The van der Waals surface area contributed by atoms with E-state index in [9.17, 15) is 4.79 Å². The fourth-order valence-electron chi connectivity index (χ4n) is 2.61. The number of rotatable bonds is 3. The number of nitrogens with zero attached hydrogens (tertiary/aromatic N) is 1. The Hall–Kier alpha value is -1.06. The van der Waals surface area contributed by atoms with E-state index in [1.807, 2.05) is 23.1 Å². The summed E-state index contributed by atoms with van der Waals surface area (Å²) in [7, 11) is 0. The van der Waals surface area contributed by atoms with Crippen LogP contribution in [-0.2, 0) is 4.79 Å². The second-order valence-electron chi connectivity index (χ2n) is 4.96. The fraction of sp³-hybridized carbons (Fsp3) is 0.533. The molecule has 1 aromatic rings. The van der Waals surface area contributed by atoms with Crippen molar-refractivity contribution < 1.29 is 4.79 Å². The molecule has 2 rings (SSSR count). The highest BCUT2D eigenvalue weighted by atomic mass is 35.5. The van der Waals surface area contributed by atoms with Crippen LogP contribution in [0.25, 0.3) is 0 Å². The Balaban J connectivity index is 0.00000180. The van der Waals surface area contributed by atoms with Gasteiger partial charge in [-0.15, -0.1) is 12.4 Å². The summed E-state index contributed by atoms with van der Waals surface area (Å²) in [5, 5.41) is 3.32. The van der Waals surface area contributed by atoms with Crippen LogP contribution < -0.4 is 5.32 Å². The van der Waals surface area contributed by atoms with Crippen LogP contribution >= 0.6 is 12.4 Å². The molecule has 2 atom stereocenters. The Labute approximate surface area is 121 Å². The first-order valence-electron chi connectivity index (χ1n) is 6.80. The zero-order chi connectivity index (χ0) is 13.0. The molecule has 19 heavy (non-hydrogen) atoms. The molecule has 0 aliphatic carbocycles. The van der Waals surface area contributed by atoms with Crippen LogP contribution in [0.1, 0.15) is 31.7 Å². The Morgan fingerprint density at radius 2 is 2.11 bits per heavy atom. The molecule has 1 saturated heterocycles. The first-order chi connectivity index (χ1) is 8.74.